The van der Waals surface area contributed by atoms with Gasteiger partial charge in [-0.2, -0.15) is 0 Å². The number of para-hydroxylation sites is 2. The zero-order valence-corrected chi connectivity index (χ0v) is 15.5. The second-order valence-electron chi connectivity index (χ2n) is 6.94. The summed E-state index contributed by atoms with van der Waals surface area (Å²) in [6.07, 6.45) is 0.743. The number of ether oxygens (including phenoxy) is 2. The van der Waals surface area contributed by atoms with Crippen molar-refractivity contribution in [2.75, 3.05) is 14.2 Å². The molecule has 0 bridgehead atoms. The second-order valence-corrected chi connectivity index (χ2v) is 6.94. The Bertz CT molecular complexity index is 1270. The number of aromatic amines is 2. The van der Waals surface area contributed by atoms with Crippen LogP contribution >= 0.6 is 0 Å². The molecule has 6 heteroatoms. The molecule has 1 aliphatic rings. The van der Waals surface area contributed by atoms with Crippen LogP contribution < -0.4 is 20.3 Å². The monoisotopic (exact) mass is 374 g/mol. The first-order chi connectivity index (χ1) is 13.6. The number of hydrogen-bond acceptors (Lipinski definition) is 4. The van der Waals surface area contributed by atoms with Crippen LogP contribution in [0.2, 0.25) is 0 Å². The average Bonchev–Trinajstić information content (AvgIpc) is 2.73. The number of fused-ring (bicyclic) bond motifs is 4. The quantitative estimate of drug-likeness (QED) is 0.498. The Kier molecular flexibility index (Phi) is 3.55. The van der Waals surface area contributed by atoms with E-state index in [0.717, 1.165) is 11.4 Å². The highest BCUT2D eigenvalue weighted by Gasteiger charge is 2.25. The van der Waals surface area contributed by atoms with E-state index in [-0.39, 0.29) is 10.9 Å². The normalized spacial score (nSPS) is 12.6. The highest BCUT2D eigenvalue weighted by molar-refractivity contribution is 5.87. The highest BCUT2D eigenvalue weighted by atomic mass is 16.5. The van der Waals surface area contributed by atoms with Crippen molar-refractivity contribution >= 4 is 21.8 Å². The van der Waals surface area contributed by atoms with Crippen molar-refractivity contribution in [1.82, 2.24) is 9.97 Å². The summed E-state index contributed by atoms with van der Waals surface area (Å²) < 4.78 is 10.8. The van der Waals surface area contributed by atoms with Gasteiger partial charge in [0, 0.05) is 46.1 Å². The molecule has 0 spiro atoms. The molecule has 28 heavy (non-hydrogen) atoms. The van der Waals surface area contributed by atoms with Crippen LogP contribution in [-0.4, -0.2) is 24.2 Å². The van der Waals surface area contributed by atoms with Crippen molar-refractivity contribution in [3.8, 4) is 11.5 Å². The Morgan fingerprint density at radius 1 is 0.714 bits per heavy atom. The summed E-state index contributed by atoms with van der Waals surface area (Å²) in [7, 11) is 3.15. The maximum atomic E-state index is 13.1. The molecule has 4 aromatic rings. The van der Waals surface area contributed by atoms with Crippen molar-refractivity contribution in [2.24, 2.45) is 0 Å². The van der Waals surface area contributed by atoms with Crippen molar-refractivity contribution in [3.05, 3.63) is 79.4 Å². The van der Waals surface area contributed by atoms with Crippen LogP contribution in [0.3, 0.4) is 0 Å². The summed E-state index contributed by atoms with van der Waals surface area (Å²) in [4.78, 5) is 32.9. The minimum Gasteiger partial charge on any atom is -0.495 e. The van der Waals surface area contributed by atoms with Crippen LogP contribution in [0.5, 0.6) is 11.5 Å². The van der Waals surface area contributed by atoms with Crippen molar-refractivity contribution in [3.63, 3.8) is 0 Å². The van der Waals surface area contributed by atoms with Gasteiger partial charge < -0.3 is 19.4 Å². The molecule has 0 saturated heterocycles. The smallest absolute Gasteiger partial charge is 0.193 e. The summed E-state index contributed by atoms with van der Waals surface area (Å²) in [5, 5.41) is 1.17. The Balaban J connectivity index is 1.79. The lowest BCUT2D eigenvalue weighted by Crippen LogP contribution is -2.26. The van der Waals surface area contributed by atoms with E-state index in [2.05, 4.69) is 9.97 Å². The van der Waals surface area contributed by atoms with E-state index in [4.69, 9.17) is 9.47 Å². The molecule has 2 heterocycles. The summed E-state index contributed by atoms with van der Waals surface area (Å²) in [5.41, 5.74) is 4.15. The fourth-order valence-corrected chi connectivity index (χ4v) is 4.12. The van der Waals surface area contributed by atoms with Gasteiger partial charge in [0.05, 0.1) is 25.3 Å². The molecule has 0 atom stereocenters. The van der Waals surface area contributed by atoms with Gasteiger partial charge in [0.2, 0.25) is 0 Å². The SMILES string of the molecule is COc1cccc2c(=O)c3c([nH]c12)Cc1c([nH]c2c(OC)cccc2c1=O)C3. The summed E-state index contributed by atoms with van der Waals surface area (Å²) in [6, 6.07) is 10.8. The molecule has 1 aliphatic carbocycles. The lowest BCUT2D eigenvalue weighted by molar-refractivity contribution is 0.418. The van der Waals surface area contributed by atoms with E-state index in [9.17, 15) is 9.59 Å². The lowest BCUT2D eigenvalue weighted by Gasteiger charge is -2.21. The minimum absolute atomic E-state index is 0.0331. The van der Waals surface area contributed by atoms with Gasteiger partial charge in [-0.05, 0) is 24.3 Å². The molecular weight excluding hydrogens is 356 g/mol. The Morgan fingerprint density at radius 2 is 1.14 bits per heavy atom. The van der Waals surface area contributed by atoms with E-state index >= 15 is 0 Å². The molecule has 0 unspecified atom stereocenters. The maximum absolute atomic E-state index is 13.1. The first kappa shape index (κ1) is 16.6. The topological polar surface area (TPSA) is 84.2 Å². The number of pyridine rings is 2. The van der Waals surface area contributed by atoms with Gasteiger partial charge >= 0.3 is 0 Å². The molecule has 0 saturated carbocycles. The van der Waals surface area contributed by atoms with Gasteiger partial charge in [-0.3, -0.25) is 9.59 Å². The zero-order chi connectivity index (χ0) is 19.4. The van der Waals surface area contributed by atoms with Crippen molar-refractivity contribution in [1.29, 1.82) is 0 Å². The van der Waals surface area contributed by atoms with Crippen LogP contribution in [-0.2, 0) is 12.8 Å². The third kappa shape index (κ3) is 2.21. The van der Waals surface area contributed by atoms with Crippen LogP contribution in [0.15, 0.2) is 46.0 Å². The fourth-order valence-electron chi connectivity index (χ4n) is 4.12. The second kappa shape index (κ2) is 5.99. The number of nitrogens with one attached hydrogen (secondary N) is 2. The van der Waals surface area contributed by atoms with Crippen molar-refractivity contribution < 1.29 is 9.47 Å². The van der Waals surface area contributed by atoms with Crippen molar-refractivity contribution in [2.45, 2.75) is 12.8 Å². The van der Waals surface area contributed by atoms with Crippen LogP contribution in [0.25, 0.3) is 21.8 Å². The first-order valence-electron chi connectivity index (χ1n) is 9.04. The first-order valence-corrected chi connectivity index (χ1v) is 9.04. The number of benzene rings is 2. The Morgan fingerprint density at radius 3 is 1.54 bits per heavy atom. The summed E-state index contributed by atoms with van der Waals surface area (Å²) in [6.45, 7) is 0. The Labute approximate surface area is 159 Å². The van der Waals surface area contributed by atoms with E-state index < -0.39 is 0 Å². The predicted octanol–water partition coefficient (Wildman–Crippen LogP) is 2.88. The molecule has 5 rings (SSSR count). The van der Waals surface area contributed by atoms with Gasteiger partial charge in [-0.1, -0.05) is 12.1 Å². The number of rotatable bonds is 2. The number of methoxy groups -OCH3 is 2. The van der Waals surface area contributed by atoms with Gasteiger partial charge in [-0.25, -0.2) is 0 Å². The third-order valence-corrected chi connectivity index (χ3v) is 5.52. The number of aromatic nitrogens is 2. The number of hydrogen-bond donors (Lipinski definition) is 2. The van der Waals surface area contributed by atoms with Gasteiger partial charge in [-0.15, -0.1) is 0 Å². The molecule has 140 valence electrons. The van der Waals surface area contributed by atoms with E-state index in [1.165, 1.54) is 0 Å². The van der Waals surface area contributed by atoms with Gasteiger partial charge in [0.15, 0.2) is 10.9 Å². The molecular formula is C22H18N2O4. The molecule has 0 radical (unpaired) electrons. The highest BCUT2D eigenvalue weighted by Crippen LogP contribution is 2.29. The molecule has 0 amide bonds. The third-order valence-electron chi connectivity index (χ3n) is 5.52. The Hall–Kier alpha value is -3.54. The van der Waals surface area contributed by atoms with E-state index in [1.54, 1.807) is 38.5 Å². The van der Waals surface area contributed by atoms with E-state index in [0.29, 0.717) is 57.3 Å². The molecule has 2 N–H and O–H groups in total. The van der Waals surface area contributed by atoms with Crippen LogP contribution in [0.4, 0.5) is 0 Å². The fraction of sp³-hybridized carbons (Fsp3) is 0.182. The summed E-state index contributed by atoms with van der Waals surface area (Å²) >= 11 is 0. The maximum Gasteiger partial charge on any atom is 0.193 e. The molecule has 6 nitrogen and oxygen atoms in total. The molecule has 0 aliphatic heterocycles. The average molecular weight is 374 g/mol. The lowest BCUT2D eigenvalue weighted by atomic mass is 9.90. The predicted molar refractivity (Wildman–Crippen MR) is 108 cm³/mol. The van der Waals surface area contributed by atoms with Crippen LogP contribution in [0, 0.1) is 0 Å². The summed E-state index contributed by atoms with van der Waals surface area (Å²) in [5.74, 6) is 1.22. The standard InChI is InChI=1S/C22H18N2O4/c1-27-17-7-3-5-11-19(17)23-15-9-14-16(10-13(15)21(11)25)24-20-12(22(14)26)6-4-8-18(20)28-2/h3-8H,9-10H2,1-2H3,(H,23,25)(H,24,26). The van der Waals surface area contributed by atoms with E-state index in [1.807, 2.05) is 12.1 Å². The molecule has 2 aromatic heterocycles. The van der Waals surface area contributed by atoms with Gasteiger partial charge in [0.1, 0.15) is 11.5 Å². The largest absolute Gasteiger partial charge is 0.495 e. The minimum atomic E-state index is -0.0331. The molecule has 2 aromatic carbocycles. The molecule has 0 fully saturated rings. The number of H-pyrrole nitrogens is 2. The van der Waals surface area contributed by atoms with Gasteiger partial charge in [0.25, 0.3) is 0 Å². The zero-order valence-electron chi connectivity index (χ0n) is 15.5. The van der Waals surface area contributed by atoms with Crippen LogP contribution in [0.1, 0.15) is 22.5 Å².